The zero-order valence-corrected chi connectivity index (χ0v) is 12.6. The summed E-state index contributed by atoms with van der Waals surface area (Å²) in [7, 11) is 0. The van der Waals surface area contributed by atoms with Crippen LogP contribution in [0.3, 0.4) is 0 Å². The molecule has 23 heavy (non-hydrogen) atoms. The Balaban J connectivity index is 2.36. The highest BCUT2D eigenvalue weighted by atomic mass is 19.4. The fraction of sp³-hybridized carbons (Fsp3) is 0.750. The number of rotatable bonds is 6. The van der Waals surface area contributed by atoms with Crippen molar-refractivity contribution in [3.63, 3.8) is 0 Å². The standard InChI is InChI=1S/C12H19F3N4O4/c1-8(11(21)17-7-12(13,14)15)23-18-9(16)6-10(20)19-2-4-22-5-3-19/h8H,2-7H2,1H3,(H2,16,18)(H,17,21)/t8-/m0/s1. The van der Waals surface area contributed by atoms with Crippen LogP contribution in [-0.2, 0) is 19.2 Å². The van der Waals surface area contributed by atoms with Gasteiger partial charge >= 0.3 is 6.18 Å². The Morgan fingerprint density at radius 1 is 1.39 bits per heavy atom. The molecule has 1 aliphatic rings. The van der Waals surface area contributed by atoms with Crippen LogP contribution in [0.15, 0.2) is 5.16 Å². The minimum Gasteiger partial charge on any atom is -0.384 e. The highest BCUT2D eigenvalue weighted by Crippen LogP contribution is 2.12. The molecule has 1 rings (SSSR count). The Bertz CT molecular complexity index is 450. The summed E-state index contributed by atoms with van der Waals surface area (Å²) in [6.07, 6.45) is -5.99. The van der Waals surface area contributed by atoms with E-state index in [2.05, 4.69) is 5.16 Å². The van der Waals surface area contributed by atoms with E-state index in [4.69, 9.17) is 15.3 Å². The summed E-state index contributed by atoms with van der Waals surface area (Å²) in [5.74, 6) is -1.43. The predicted molar refractivity (Wildman–Crippen MR) is 73.3 cm³/mol. The van der Waals surface area contributed by atoms with Crippen LogP contribution < -0.4 is 11.1 Å². The SMILES string of the molecule is C[C@H](O/N=C(\N)CC(=O)N1CCOCC1)C(=O)NCC(F)(F)F. The number of carbonyl (C=O) groups is 2. The molecule has 0 unspecified atom stereocenters. The first kappa shape index (κ1) is 19.0. The maximum atomic E-state index is 12.0. The van der Waals surface area contributed by atoms with Crippen molar-refractivity contribution >= 4 is 17.6 Å². The molecule has 0 radical (unpaired) electrons. The van der Waals surface area contributed by atoms with E-state index >= 15 is 0 Å². The van der Waals surface area contributed by atoms with Gasteiger partial charge in [-0.3, -0.25) is 9.59 Å². The van der Waals surface area contributed by atoms with Crippen molar-refractivity contribution in [3.05, 3.63) is 0 Å². The average molecular weight is 340 g/mol. The maximum Gasteiger partial charge on any atom is 0.405 e. The lowest BCUT2D eigenvalue weighted by molar-refractivity contribution is -0.145. The van der Waals surface area contributed by atoms with Crippen molar-refractivity contribution in [2.45, 2.75) is 25.6 Å². The van der Waals surface area contributed by atoms with Gasteiger partial charge in [-0.05, 0) is 6.92 Å². The molecule has 8 nitrogen and oxygen atoms in total. The van der Waals surface area contributed by atoms with Gasteiger partial charge in [0, 0.05) is 13.1 Å². The molecule has 0 aromatic heterocycles. The molecule has 0 saturated carbocycles. The Kier molecular flexibility index (Phi) is 7.07. The molecule has 1 atom stereocenters. The number of amidine groups is 1. The van der Waals surface area contributed by atoms with E-state index in [-0.39, 0.29) is 18.2 Å². The third kappa shape index (κ3) is 7.68. The highest BCUT2D eigenvalue weighted by Gasteiger charge is 2.29. The number of hydrogen-bond donors (Lipinski definition) is 2. The molecule has 3 N–H and O–H groups in total. The molecule has 1 saturated heterocycles. The Morgan fingerprint density at radius 2 is 2.00 bits per heavy atom. The zero-order chi connectivity index (χ0) is 17.5. The zero-order valence-electron chi connectivity index (χ0n) is 12.6. The first-order chi connectivity index (χ1) is 10.7. The summed E-state index contributed by atoms with van der Waals surface area (Å²) in [5, 5.41) is 5.05. The van der Waals surface area contributed by atoms with Crippen molar-refractivity contribution in [1.29, 1.82) is 0 Å². The molecule has 1 heterocycles. The Morgan fingerprint density at radius 3 is 2.57 bits per heavy atom. The largest absolute Gasteiger partial charge is 0.405 e. The van der Waals surface area contributed by atoms with Crippen molar-refractivity contribution in [1.82, 2.24) is 10.2 Å². The van der Waals surface area contributed by atoms with Crippen molar-refractivity contribution in [2.24, 2.45) is 10.9 Å². The van der Waals surface area contributed by atoms with E-state index in [0.717, 1.165) is 0 Å². The molecule has 0 spiro atoms. The van der Waals surface area contributed by atoms with Gasteiger partial charge in [0.1, 0.15) is 12.4 Å². The van der Waals surface area contributed by atoms with Gasteiger partial charge in [-0.2, -0.15) is 13.2 Å². The topological polar surface area (TPSA) is 106 Å². The number of nitrogens with zero attached hydrogens (tertiary/aromatic N) is 2. The van der Waals surface area contributed by atoms with E-state index in [9.17, 15) is 22.8 Å². The van der Waals surface area contributed by atoms with Crippen LogP contribution in [0.25, 0.3) is 0 Å². The summed E-state index contributed by atoms with van der Waals surface area (Å²) >= 11 is 0. The summed E-state index contributed by atoms with van der Waals surface area (Å²) in [4.78, 5) is 29.4. The van der Waals surface area contributed by atoms with E-state index in [1.54, 1.807) is 10.2 Å². The van der Waals surface area contributed by atoms with Crippen LogP contribution in [-0.4, -0.2) is 67.7 Å². The van der Waals surface area contributed by atoms with Crippen LogP contribution in [0.2, 0.25) is 0 Å². The number of amides is 2. The lowest BCUT2D eigenvalue weighted by Gasteiger charge is -2.26. The summed E-state index contributed by atoms with van der Waals surface area (Å²) in [6.45, 7) is 1.53. The minimum absolute atomic E-state index is 0.169. The number of morpholine rings is 1. The molecule has 1 fully saturated rings. The number of ether oxygens (including phenoxy) is 1. The number of nitrogens with one attached hydrogen (secondary N) is 1. The summed E-state index contributed by atoms with van der Waals surface area (Å²) in [6, 6.07) is 0. The van der Waals surface area contributed by atoms with Gasteiger partial charge in [-0.25, -0.2) is 0 Å². The lowest BCUT2D eigenvalue weighted by Crippen LogP contribution is -2.42. The Hall–Kier alpha value is -2.04. The number of oxime groups is 1. The number of alkyl halides is 3. The quantitative estimate of drug-likeness (QED) is 0.388. The summed E-state index contributed by atoms with van der Waals surface area (Å²) in [5.41, 5.74) is 5.51. The second-order valence-electron chi connectivity index (χ2n) is 4.83. The molecular weight excluding hydrogens is 321 g/mol. The van der Waals surface area contributed by atoms with Gasteiger partial charge in [-0.1, -0.05) is 5.16 Å². The van der Waals surface area contributed by atoms with Gasteiger partial charge in [0.25, 0.3) is 5.91 Å². The van der Waals surface area contributed by atoms with E-state index in [1.165, 1.54) is 6.92 Å². The van der Waals surface area contributed by atoms with E-state index in [0.29, 0.717) is 26.3 Å². The molecular formula is C12H19F3N4O4. The van der Waals surface area contributed by atoms with Crippen molar-refractivity contribution < 1.29 is 32.3 Å². The third-order valence-electron chi connectivity index (χ3n) is 2.86. The fourth-order valence-corrected chi connectivity index (χ4v) is 1.64. The van der Waals surface area contributed by atoms with Gasteiger partial charge in [0.05, 0.1) is 19.6 Å². The molecule has 0 aliphatic carbocycles. The number of halogens is 3. The van der Waals surface area contributed by atoms with Gasteiger partial charge in [-0.15, -0.1) is 0 Å². The minimum atomic E-state index is -4.51. The van der Waals surface area contributed by atoms with Crippen LogP contribution in [0.5, 0.6) is 0 Å². The maximum absolute atomic E-state index is 12.0. The summed E-state index contributed by atoms with van der Waals surface area (Å²) < 4.78 is 41.0. The van der Waals surface area contributed by atoms with Crippen LogP contribution >= 0.6 is 0 Å². The molecule has 0 aromatic carbocycles. The second-order valence-corrected chi connectivity index (χ2v) is 4.83. The monoisotopic (exact) mass is 340 g/mol. The fourth-order valence-electron chi connectivity index (χ4n) is 1.64. The second kappa shape index (κ2) is 8.56. The molecule has 11 heteroatoms. The van der Waals surface area contributed by atoms with Gasteiger partial charge < -0.3 is 25.5 Å². The average Bonchev–Trinajstić information content (AvgIpc) is 2.50. The number of nitrogens with two attached hydrogens (primary N) is 1. The van der Waals surface area contributed by atoms with E-state index in [1.807, 2.05) is 0 Å². The highest BCUT2D eigenvalue weighted by molar-refractivity contribution is 5.98. The molecule has 0 bridgehead atoms. The van der Waals surface area contributed by atoms with Crippen LogP contribution in [0.1, 0.15) is 13.3 Å². The van der Waals surface area contributed by atoms with Crippen LogP contribution in [0.4, 0.5) is 13.2 Å². The lowest BCUT2D eigenvalue weighted by atomic mass is 10.3. The van der Waals surface area contributed by atoms with Crippen molar-refractivity contribution in [2.75, 3.05) is 32.8 Å². The number of hydrogen-bond acceptors (Lipinski definition) is 5. The molecule has 0 aromatic rings. The third-order valence-corrected chi connectivity index (χ3v) is 2.86. The molecule has 132 valence electrons. The van der Waals surface area contributed by atoms with Gasteiger partial charge in [0.15, 0.2) is 0 Å². The molecule has 1 aliphatic heterocycles. The van der Waals surface area contributed by atoms with Gasteiger partial charge in [0.2, 0.25) is 12.0 Å². The van der Waals surface area contributed by atoms with E-state index < -0.39 is 24.7 Å². The first-order valence-corrected chi connectivity index (χ1v) is 6.87. The smallest absolute Gasteiger partial charge is 0.384 e. The first-order valence-electron chi connectivity index (χ1n) is 6.87. The van der Waals surface area contributed by atoms with Crippen molar-refractivity contribution in [3.8, 4) is 0 Å². The molecule has 2 amide bonds. The predicted octanol–water partition coefficient (Wildman–Crippen LogP) is -0.409. The Labute approximate surface area is 130 Å². The van der Waals surface area contributed by atoms with Crippen LogP contribution in [0, 0.1) is 0 Å². The normalized spacial score (nSPS) is 17.6. The number of carbonyl (C=O) groups excluding carboxylic acids is 2.